The van der Waals surface area contributed by atoms with Gasteiger partial charge in [-0.05, 0) is 29.7 Å². The number of benzene rings is 1. The van der Waals surface area contributed by atoms with E-state index in [9.17, 15) is 0 Å². The van der Waals surface area contributed by atoms with Crippen molar-refractivity contribution in [3.05, 3.63) is 43.0 Å². The fourth-order valence-corrected chi connectivity index (χ4v) is 2.54. The molecule has 15 heavy (non-hydrogen) atoms. The Labute approximate surface area is 102 Å². The Morgan fingerprint density at radius 1 is 1.40 bits per heavy atom. The second-order valence-electron chi connectivity index (χ2n) is 3.90. The van der Waals surface area contributed by atoms with Crippen molar-refractivity contribution >= 4 is 23.4 Å². The van der Waals surface area contributed by atoms with E-state index >= 15 is 0 Å². The van der Waals surface area contributed by atoms with Gasteiger partial charge in [-0.3, -0.25) is 0 Å². The molecule has 0 aromatic heterocycles. The molecule has 1 rings (SSSR count). The molecule has 1 aromatic carbocycles. The maximum atomic E-state index is 5.91. The lowest BCUT2D eigenvalue weighted by molar-refractivity contribution is 0.475. The van der Waals surface area contributed by atoms with E-state index in [2.05, 4.69) is 37.8 Å². The van der Waals surface area contributed by atoms with Gasteiger partial charge < -0.3 is 0 Å². The van der Waals surface area contributed by atoms with Gasteiger partial charge >= 0.3 is 0 Å². The normalized spacial score (nSPS) is 14.5. The van der Waals surface area contributed by atoms with E-state index in [1.807, 2.05) is 23.9 Å². The SMILES string of the molecule is C=CC(C)(CCl)CCSc1ccccc1. The summed E-state index contributed by atoms with van der Waals surface area (Å²) in [6.07, 6.45) is 3.03. The Balaban J connectivity index is 2.36. The lowest BCUT2D eigenvalue weighted by Gasteiger charge is -2.21. The van der Waals surface area contributed by atoms with Crippen LogP contribution in [0.4, 0.5) is 0 Å². The summed E-state index contributed by atoms with van der Waals surface area (Å²) in [6, 6.07) is 10.4. The van der Waals surface area contributed by atoms with Crippen molar-refractivity contribution < 1.29 is 0 Å². The highest BCUT2D eigenvalue weighted by atomic mass is 35.5. The van der Waals surface area contributed by atoms with E-state index in [0.29, 0.717) is 5.88 Å². The van der Waals surface area contributed by atoms with Gasteiger partial charge in [-0.25, -0.2) is 0 Å². The Kier molecular flexibility index (Phi) is 5.27. The van der Waals surface area contributed by atoms with Crippen LogP contribution in [-0.2, 0) is 0 Å². The van der Waals surface area contributed by atoms with Crippen molar-refractivity contribution in [3.63, 3.8) is 0 Å². The fourth-order valence-electron chi connectivity index (χ4n) is 1.14. The zero-order valence-electron chi connectivity index (χ0n) is 9.08. The van der Waals surface area contributed by atoms with Gasteiger partial charge in [0.15, 0.2) is 0 Å². The molecular weight excluding hydrogens is 224 g/mol. The largest absolute Gasteiger partial charge is 0.126 e. The standard InChI is InChI=1S/C13H17ClS/c1-3-13(2,11-14)9-10-15-12-7-5-4-6-8-12/h3-8H,1,9-11H2,2H3. The Morgan fingerprint density at radius 3 is 2.60 bits per heavy atom. The van der Waals surface area contributed by atoms with Crippen molar-refractivity contribution in [1.29, 1.82) is 0 Å². The molecule has 0 radical (unpaired) electrons. The summed E-state index contributed by atoms with van der Waals surface area (Å²) < 4.78 is 0. The van der Waals surface area contributed by atoms with Crippen LogP contribution in [0, 0.1) is 5.41 Å². The lowest BCUT2D eigenvalue weighted by atomic mass is 9.90. The Morgan fingerprint density at radius 2 is 2.07 bits per heavy atom. The second kappa shape index (κ2) is 6.24. The first kappa shape index (κ1) is 12.7. The molecule has 0 N–H and O–H groups in total. The number of hydrogen-bond acceptors (Lipinski definition) is 1. The van der Waals surface area contributed by atoms with Crippen LogP contribution in [0.5, 0.6) is 0 Å². The van der Waals surface area contributed by atoms with E-state index in [4.69, 9.17) is 11.6 Å². The first-order chi connectivity index (χ1) is 7.20. The average Bonchev–Trinajstić information content (AvgIpc) is 2.30. The molecule has 0 saturated carbocycles. The molecule has 0 spiro atoms. The third-order valence-electron chi connectivity index (χ3n) is 2.48. The van der Waals surface area contributed by atoms with Gasteiger partial charge in [-0.1, -0.05) is 31.2 Å². The fraction of sp³-hybridized carbons (Fsp3) is 0.385. The molecule has 0 fully saturated rings. The Hall–Kier alpha value is -0.400. The van der Waals surface area contributed by atoms with Crippen LogP contribution in [0.25, 0.3) is 0 Å². The molecule has 0 aliphatic rings. The summed E-state index contributed by atoms with van der Waals surface area (Å²) in [5.74, 6) is 1.73. The smallest absolute Gasteiger partial charge is 0.0312 e. The van der Waals surface area contributed by atoms with Crippen LogP contribution in [0.15, 0.2) is 47.9 Å². The van der Waals surface area contributed by atoms with Crippen LogP contribution in [0.1, 0.15) is 13.3 Å². The highest BCUT2D eigenvalue weighted by Crippen LogP contribution is 2.28. The second-order valence-corrected chi connectivity index (χ2v) is 5.34. The summed E-state index contributed by atoms with van der Waals surface area (Å²) in [5, 5.41) is 0. The van der Waals surface area contributed by atoms with Gasteiger partial charge in [0.2, 0.25) is 0 Å². The van der Waals surface area contributed by atoms with Crippen molar-refractivity contribution in [2.75, 3.05) is 11.6 Å². The van der Waals surface area contributed by atoms with Gasteiger partial charge in [0.05, 0.1) is 0 Å². The molecule has 1 aromatic rings. The van der Waals surface area contributed by atoms with E-state index < -0.39 is 0 Å². The third-order valence-corrected chi connectivity index (χ3v) is 4.11. The van der Waals surface area contributed by atoms with Crippen molar-refractivity contribution in [1.82, 2.24) is 0 Å². The minimum Gasteiger partial charge on any atom is -0.126 e. The maximum absolute atomic E-state index is 5.91. The van der Waals surface area contributed by atoms with Gasteiger partial charge in [0, 0.05) is 10.8 Å². The van der Waals surface area contributed by atoms with Gasteiger partial charge in [-0.2, -0.15) is 0 Å². The molecule has 0 nitrogen and oxygen atoms in total. The zero-order valence-corrected chi connectivity index (χ0v) is 10.7. The highest BCUT2D eigenvalue weighted by Gasteiger charge is 2.18. The van der Waals surface area contributed by atoms with Crippen molar-refractivity contribution in [3.8, 4) is 0 Å². The maximum Gasteiger partial charge on any atom is 0.0312 e. The van der Waals surface area contributed by atoms with Gasteiger partial charge in [-0.15, -0.1) is 29.9 Å². The third kappa shape index (κ3) is 4.31. The van der Waals surface area contributed by atoms with E-state index in [1.165, 1.54) is 4.90 Å². The summed E-state index contributed by atoms with van der Waals surface area (Å²) in [5.41, 5.74) is 0.0728. The average molecular weight is 241 g/mol. The minimum absolute atomic E-state index is 0.0728. The van der Waals surface area contributed by atoms with E-state index in [0.717, 1.165) is 12.2 Å². The van der Waals surface area contributed by atoms with Crippen LogP contribution in [0.2, 0.25) is 0 Å². The molecular formula is C13H17ClS. The predicted molar refractivity (Wildman–Crippen MR) is 70.8 cm³/mol. The summed E-state index contributed by atoms with van der Waals surface area (Å²) in [4.78, 5) is 1.32. The van der Waals surface area contributed by atoms with Crippen molar-refractivity contribution in [2.45, 2.75) is 18.2 Å². The molecule has 0 aliphatic heterocycles. The minimum atomic E-state index is 0.0728. The number of rotatable bonds is 6. The number of thioether (sulfide) groups is 1. The molecule has 0 aliphatic carbocycles. The zero-order chi connectivity index (χ0) is 11.1. The molecule has 0 amide bonds. The van der Waals surface area contributed by atoms with E-state index in [1.54, 1.807) is 0 Å². The van der Waals surface area contributed by atoms with Crippen LogP contribution in [0.3, 0.4) is 0 Å². The topological polar surface area (TPSA) is 0 Å². The van der Waals surface area contributed by atoms with Gasteiger partial charge in [0.1, 0.15) is 0 Å². The monoisotopic (exact) mass is 240 g/mol. The molecule has 0 heterocycles. The quantitative estimate of drug-likeness (QED) is 0.398. The number of alkyl halides is 1. The molecule has 2 heteroatoms. The molecule has 1 atom stereocenters. The number of hydrogen-bond donors (Lipinski definition) is 0. The van der Waals surface area contributed by atoms with Gasteiger partial charge in [0.25, 0.3) is 0 Å². The Bertz CT molecular complexity index is 297. The van der Waals surface area contributed by atoms with E-state index in [-0.39, 0.29) is 5.41 Å². The highest BCUT2D eigenvalue weighted by molar-refractivity contribution is 7.99. The van der Waals surface area contributed by atoms with Crippen LogP contribution >= 0.6 is 23.4 Å². The number of halogens is 1. The summed E-state index contributed by atoms with van der Waals surface area (Å²) in [6.45, 7) is 5.99. The summed E-state index contributed by atoms with van der Waals surface area (Å²) in [7, 11) is 0. The molecule has 0 bridgehead atoms. The molecule has 1 unspecified atom stereocenters. The van der Waals surface area contributed by atoms with Crippen LogP contribution in [-0.4, -0.2) is 11.6 Å². The molecule has 82 valence electrons. The molecule has 0 saturated heterocycles. The van der Waals surface area contributed by atoms with Crippen LogP contribution < -0.4 is 0 Å². The van der Waals surface area contributed by atoms with Crippen molar-refractivity contribution in [2.24, 2.45) is 5.41 Å². The first-order valence-electron chi connectivity index (χ1n) is 5.07. The lowest BCUT2D eigenvalue weighted by Crippen LogP contribution is -2.15. The predicted octanol–water partition coefficient (Wildman–Crippen LogP) is 4.60. The first-order valence-corrected chi connectivity index (χ1v) is 6.59. The summed E-state index contributed by atoms with van der Waals surface area (Å²) >= 11 is 7.78. The number of allylic oxidation sites excluding steroid dienone is 1.